The molecule has 0 radical (unpaired) electrons. The van der Waals surface area contributed by atoms with E-state index < -0.39 is 0 Å². The molecule has 7 heteroatoms. The van der Waals surface area contributed by atoms with Crippen LogP contribution in [-0.4, -0.2) is 32.9 Å². The third kappa shape index (κ3) is 3.17. The molecule has 3 aromatic rings. The molecule has 6 nitrogen and oxygen atoms in total. The van der Waals surface area contributed by atoms with Crippen molar-refractivity contribution < 1.29 is 13.9 Å². The van der Waals surface area contributed by atoms with E-state index in [1.807, 2.05) is 28.8 Å². The van der Waals surface area contributed by atoms with Crippen LogP contribution in [0, 0.1) is 0 Å². The first-order valence-corrected chi connectivity index (χ1v) is 9.24. The molecule has 0 N–H and O–H groups in total. The van der Waals surface area contributed by atoms with Crippen LogP contribution in [0.15, 0.2) is 58.8 Å². The van der Waals surface area contributed by atoms with Crippen molar-refractivity contribution in [3.05, 3.63) is 60.4 Å². The number of hydrogen-bond acceptors (Lipinski definition) is 6. The third-order valence-electron chi connectivity index (χ3n) is 4.11. The van der Waals surface area contributed by atoms with E-state index in [9.17, 15) is 4.79 Å². The first kappa shape index (κ1) is 16.7. The molecule has 0 fully saturated rings. The van der Waals surface area contributed by atoms with Crippen molar-refractivity contribution in [2.75, 3.05) is 12.4 Å². The van der Waals surface area contributed by atoms with E-state index in [-0.39, 0.29) is 11.5 Å². The minimum Gasteiger partial charge on any atom is -0.493 e. The molecule has 26 heavy (non-hydrogen) atoms. The van der Waals surface area contributed by atoms with Gasteiger partial charge in [-0.2, -0.15) is 0 Å². The predicted octanol–water partition coefficient (Wildman–Crippen LogP) is 3.63. The topological polar surface area (TPSA) is 70.2 Å². The monoisotopic (exact) mass is 367 g/mol. The highest BCUT2D eigenvalue weighted by molar-refractivity contribution is 7.99. The maximum absolute atomic E-state index is 12.6. The first-order chi connectivity index (χ1) is 12.8. The fraction of sp³-hybridized carbons (Fsp3) is 0.211. The van der Waals surface area contributed by atoms with Gasteiger partial charge in [-0.25, -0.2) is 0 Å². The highest BCUT2D eigenvalue weighted by Gasteiger charge is 2.18. The number of rotatable bonds is 7. The van der Waals surface area contributed by atoms with Crippen molar-refractivity contribution in [1.82, 2.24) is 14.8 Å². The van der Waals surface area contributed by atoms with Crippen molar-refractivity contribution in [1.29, 1.82) is 0 Å². The van der Waals surface area contributed by atoms with Gasteiger partial charge in [-0.15, -0.1) is 16.8 Å². The molecule has 1 aliphatic rings. The maximum atomic E-state index is 12.6. The molecular weight excluding hydrogens is 350 g/mol. The number of allylic oxidation sites excluding steroid dienone is 1. The minimum absolute atomic E-state index is 0.0531. The standard InChI is InChI=1S/C19H17N3O3S/c1-2-8-22-18(17-4-3-9-24-17)20-21-19(22)26-12-15(23)13-5-6-16-14(11-13)7-10-25-16/h2-6,9,11H,1,7-8,10,12H2. The average Bonchev–Trinajstić information content (AvgIpc) is 3.39. The number of fused-ring (bicyclic) bond motifs is 1. The van der Waals surface area contributed by atoms with Gasteiger partial charge >= 0.3 is 0 Å². The number of ketones is 1. The first-order valence-electron chi connectivity index (χ1n) is 8.26. The summed E-state index contributed by atoms with van der Waals surface area (Å²) in [4.78, 5) is 12.6. The molecular formula is C19H17N3O3S. The number of aromatic nitrogens is 3. The number of furan rings is 1. The number of carbonyl (C=O) groups is 1. The summed E-state index contributed by atoms with van der Waals surface area (Å²) < 4.78 is 12.8. The van der Waals surface area contributed by atoms with Crippen LogP contribution in [0.25, 0.3) is 11.6 Å². The molecule has 0 amide bonds. The van der Waals surface area contributed by atoms with Gasteiger partial charge in [0.15, 0.2) is 16.7 Å². The van der Waals surface area contributed by atoms with Crippen LogP contribution in [0.4, 0.5) is 0 Å². The van der Waals surface area contributed by atoms with Gasteiger partial charge in [0.2, 0.25) is 5.82 Å². The van der Waals surface area contributed by atoms with Gasteiger partial charge in [0.05, 0.1) is 18.6 Å². The van der Waals surface area contributed by atoms with Gasteiger partial charge in [0.1, 0.15) is 5.75 Å². The zero-order valence-corrected chi connectivity index (χ0v) is 14.9. The van der Waals surface area contributed by atoms with Crippen LogP contribution in [0.2, 0.25) is 0 Å². The SMILES string of the molecule is C=CCn1c(SCC(=O)c2ccc3c(c2)CCO3)nnc1-c1ccco1. The Morgan fingerprint density at radius 3 is 3.08 bits per heavy atom. The molecule has 132 valence electrons. The van der Waals surface area contributed by atoms with E-state index in [1.165, 1.54) is 11.8 Å². The summed E-state index contributed by atoms with van der Waals surface area (Å²) in [6.07, 6.45) is 4.21. The van der Waals surface area contributed by atoms with Crippen LogP contribution < -0.4 is 4.74 Å². The molecule has 0 saturated heterocycles. The van der Waals surface area contributed by atoms with E-state index in [0.717, 1.165) is 17.7 Å². The van der Waals surface area contributed by atoms with Crippen molar-refractivity contribution in [3.63, 3.8) is 0 Å². The summed E-state index contributed by atoms with van der Waals surface area (Å²) in [5, 5.41) is 9.07. The normalized spacial score (nSPS) is 12.6. The van der Waals surface area contributed by atoms with E-state index in [4.69, 9.17) is 9.15 Å². The minimum atomic E-state index is 0.0531. The Morgan fingerprint density at radius 1 is 1.35 bits per heavy atom. The second-order valence-corrected chi connectivity index (χ2v) is 6.76. The van der Waals surface area contributed by atoms with Crippen LogP contribution in [0.3, 0.4) is 0 Å². The van der Waals surface area contributed by atoms with Crippen molar-refractivity contribution in [2.45, 2.75) is 18.1 Å². The Hall–Kier alpha value is -2.80. The van der Waals surface area contributed by atoms with E-state index in [2.05, 4.69) is 16.8 Å². The molecule has 2 aromatic heterocycles. The van der Waals surface area contributed by atoms with Crippen LogP contribution >= 0.6 is 11.8 Å². The van der Waals surface area contributed by atoms with Gasteiger partial charge in [-0.1, -0.05) is 17.8 Å². The Balaban J connectivity index is 1.51. The third-order valence-corrected chi connectivity index (χ3v) is 5.08. The van der Waals surface area contributed by atoms with E-state index >= 15 is 0 Å². The smallest absolute Gasteiger partial charge is 0.200 e. The molecule has 4 rings (SSSR count). The Morgan fingerprint density at radius 2 is 2.27 bits per heavy atom. The van der Waals surface area contributed by atoms with Gasteiger partial charge in [0, 0.05) is 18.5 Å². The van der Waals surface area contributed by atoms with Gasteiger partial charge in [0.25, 0.3) is 0 Å². The molecule has 1 aromatic carbocycles. The lowest BCUT2D eigenvalue weighted by Crippen LogP contribution is -2.05. The number of carbonyl (C=O) groups excluding carboxylic acids is 1. The zero-order chi connectivity index (χ0) is 17.9. The number of Topliss-reactive ketones (excluding diaryl/α,β-unsaturated/α-hetero) is 1. The molecule has 0 bridgehead atoms. The largest absolute Gasteiger partial charge is 0.493 e. The second-order valence-electron chi connectivity index (χ2n) is 5.82. The highest BCUT2D eigenvalue weighted by Crippen LogP contribution is 2.28. The molecule has 0 atom stereocenters. The predicted molar refractivity (Wildman–Crippen MR) is 98.6 cm³/mol. The highest BCUT2D eigenvalue weighted by atomic mass is 32.2. The second kappa shape index (κ2) is 7.21. The number of hydrogen-bond donors (Lipinski definition) is 0. The summed E-state index contributed by atoms with van der Waals surface area (Å²) in [6, 6.07) is 9.24. The van der Waals surface area contributed by atoms with Crippen LogP contribution in [0.5, 0.6) is 5.75 Å². The fourth-order valence-corrected chi connectivity index (χ4v) is 3.69. The Kier molecular flexibility index (Phi) is 4.62. The van der Waals surface area contributed by atoms with Crippen LogP contribution in [-0.2, 0) is 13.0 Å². The number of ether oxygens (including phenoxy) is 1. The molecule has 0 aliphatic carbocycles. The average molecular weight is 367 g/mol. The van der Waals surface area contributed by atoms with Gasteiger partial charge < -0.3 is 9.15 Å². The van der Waals surface area contributed by atoms with Gasteiger partial charge in [-0.3, -0.25) is 9.36 Å². The van der Waals surface area contributed by atoms with Crippen molar-refractivity contribution >= 4 is 17.5 Å². The van der Waals surface area contributed by atoms with Crippen LogP contribution in [0.1, 0.15) is 15.9 Å². The molecule has 0 saturated carbocycles. The molecule has 0 spiro atoms. The Labute approximate surface area is 154 Å². The molecule has 3 heterocycles. The van der Waals surface area contributed by atoms with E-state index in [1.54, 1.807) is 18.4 Å². The quantitative estimate of drug-likeness (QED) is 0.361. The maximum Gasteiger partial charge on any atom is 0.200 e. The van der Waals surface area contributed by atoms with Crippen molar-refractivity contribution in [3.8, 4) is 17.3 Å². The summed E-state index contributed by atoms with van der Waals surface area (Å²) in [6.45, 7) is 5.00. The van der Waals surface area contributed by atoms with Gasteiger partial charge in [-0.05, 0) is 35.9 Å². The summed E-state index contributed by atoms with van der Waals surface area (Å²) >= 11 is 1.36. The Bertz CT molecular complexity index is 947. The zero-order valence-electron chi connectivity index (χ0n) is 14.1. The number of nitrogens with zero attached hydrogens (tertiary/aromatic N) is 3. The fourth-order valence-electron chi connectivity index (χ4n) is 2.85. The number of thioether (sulfide) groups is 1. The lowest BCUT2D eigenvalue weighted by Gasteiger charge is -2.06. The van der Waals surface area contributed by atoms with E-state index in [0.29, 0.717) is 35.5 Å². The number of benzene rings is 1. The summed E-state index contributed by atoms with van der Waals surface area (Å²) in [5.74, 6) is 2.48. The lowest BCUT2D eigenvalue weighted by molar-refractivity contribution is 0.102. The lowest BCUT2D eigenvalue weighted by atomic mass is 10.1. The molecule has 0 unspecified atom stereocenters. The summed E-state index contributed by atoms with van der Waals surface area (Å²) in [5.41, 5.74) is 1.79. The van der Waals surface area contributed by atoms with Crippen molar-refractivity contribution in [2.24, 2.45) is 0 Å². The summed E-state index contributed by atoms with van der Waals surface area (Å²) in [7, 11) is 0. The molecule has 1 aliphatic heterocycles.